The minimum Gasteiger partial charge on any atom is -0.288 e. The van der Waals surface area contributed by atoms with Crippen molar-refractivity contribution in [2.75, 3.05) is 0 Å². The molecule has 0 fully saturated rings. The molecule has 0 bridgehead atoms. The number of carbonyl (C=O) groups is 1. The fourth-order valence-electron chi connectivity index (χ4n) is 1.39. The number of carbonyl (C=O) groups excluding carboxylic acids is 1. The number of halogens is 1. The van der Waals surface area contributed by atoms with E-state index >= 15 is 0 Å². The molecule has 2 aromatic rings. The summed E-state index contributed by atoms with van der Waals surface area (Å²) in [4.78, 5) is 11.8. The highest BCUT2D eigenvalue weighted by atomic mass is 19.1. The molecule has 0 aliphatic heterocycles. The van der Waals surface area contributed by atoms with Gasteiger partial charge in [-0.15, -0.1) is 0 Å². The summed E-state index contributed by atoms with van der Waals surface area (Å²) in [7, 11) is 0. The molecule has 88 valence electrons. The zero-order valence-corrected chi connectivity index (χ0v) is 9.98. The predicted octanol–water partition coefficient (Wildman–Crippen LogP) is 4.08. The first-order valence-electron chi connectivity index (χ1n) is 5.63. The van der Waals surface area contributed by atoms with Gasteiger partial charge in [0.05, 0.1) is 5.56 Å². The lowest BCUT2D eigenvalue weighted by atomic mass is 10.0. The van der Waals surface area contributed by atoms with Gasteiger partial charge in [-0.1, -0.05) is 56.3 Å². The summed E-state index contributed by atoms with van der Waals surface area (Å²) in [5.41, 5.74) is 0.617. The molecule has 17 heavy (non-hydrogen) atoms. The molecule has 0 radical (unpaired) electrons. The van der Waals surface area contributed by atoms with Gasteiger partial charge in [-0.25, -0.2) is 4.39 Å². The molecule has 2 aromatic carbocycles. The van der Waals surface area contributed by atoms with Crippen LogP contribution < -0.4 is 0 Å². The van der Waals surface area contributed by atoms with Gasteiger partial charge in [0.25, 0.3) is 0 Å². The van der Waals surface area contributed by atoms with Crippen LogP contribution in [0.3, 0.4) is 0 Å². The van der Waals surface area contributed by atoms with Gasteiger partial charge in [0.15, 0.2) is 5.78 Å². The first-order valence-corrected chi connectivity index (χ1v) is 5.63. The lowest BCUT2D eigenvalue weighted by molar-refractivity contribution is 0.103. The standard InChI is InChI=1S/C13H9FO.C2H6/c14-12-9-5-4-8-11(12)13(15)10-6-2-1-3-7-10;1-2/h1-9H;1-2H3. The first-order chi connectivity index (χ1) is 8.29. The Morgan fingerprint density at radius 1 is 0.882 bits per heavy atom. The van der Waals surface area contributed by atoms with Crippen LogP contribution in [0.2, 0.25) is 0 Å². The second kappa shape index (κ2) is 6.59. The van der Waals surface area contributed by atoms with E-state index in [2.05, 4.69) is 0 Å². The maximum Gasteiger partial charge on any atom is 0.195 e. The Morgan fingerprint density at radius 3 is 2.00 bits per heavy atom. The third kappa shape index (κ3) is 3.25. The third-order valence-electron chi connectivity index (χ3n) is 2.15. The number of ketones is 1. The van der Waals surface area contributed by atoms with E-state index in [0.29, 0.717) is 5.56 Å². The molecule has 0 aliphatic carbocycles. The van der Waals surface area contributed by atoms with E-state index < -0.39 is 5.82 Å². The maximum absolute atomic E-state index is 13.3. The van der Waals surface area contributed by atoms with Crippen molar-refractivity contribution in [3.8, 4) is 0 Å². The Kier molecular flexibility index (Phi) is 5.08. The van der Waals surface area contributed by atoms with E-state index in [1.54, 1.807) is 36.4 Å². The predicted molar refractivity (Wildman–Crippen MR) is 67.6 cm³/mol. The average Bonchev–Trinajstić information content (AvgIpc) is 2.42. The number of benzene rings is 2. The Hall–Kier alpha value is -1.96. The highest BCUT2D eigenvalue weighted by Gasteiger charge is 2.11. The Morgan fingerprint density at radius 2 is 1.41 bits per heavy atom. The maximum atomic E-state index is 13.3. The van der Waals surface area contributed by atoms with Gasteiger partial charge in [0.2, 0.25) is 0 Å². The zero-order chi connectivity index (χ0) is 12.7. The minimum absolute atomic E-state index is 0.115. The lowest BCUT2D eigenvalue weighted by Gasteiger charge is -2.01. The molecule has 0 saturated carbocycles. The monoisotopic (exact) mass is 230 g/mol. The highest BCUT2D eigenvalue weighted by Crippen LogP contribution is 2.12. The average molecular weight is 230 g/mol. The quantitative estimate of drug-likeness (QED) is 0.710. The van der Waals surface area contributed by atoms with Gasteiger partial charge < -0.3 is 0 Å². The molecular weight excluding hydrogens is 215 g/mol. The van der Waals surface area contributed by atoms with E-state index in [9.17, 15) is 9.18 Å². The molecule has 0 heterocycles. The topological polar surface area (TPSA) is 17.1 Å². The molecular formula is C15H15FO. The Balaban J connectivity index is 0.000000686. The van der Waals surface area contributed by atoms with Crippen LogP contribution in [0, 0.1) is 5.82 Å². The highest BCUT2D eigenvalue weighted by molar-refractivity contribution is 6.09. The van der Waals surface area contributed by atoms with Gasteiger partial charge in [0.1, 0.15) is 5.82 Å². The second-order valence-corrected chi connectivity index (χ2v) is 3.17. The van der Waals surface area contributed by atoms with E-state index in [1.165, 1.54) is 12.1 Å². The number of hydrogen-bond donors (Lipinski definition) is 0. The van der Waals surface area contributed by atoms with Gasteiger partial charge in [-0.05, 0) is 12.1 Å². The molecule has 0 atom stereocenters. The molecule has 1 nitrogen and oxygen atoms in total. The molecule has 0 aliphatic rings. The van der Waals surface area contributed by atoms with Crippen molar-refractivity contribution in [2.24, 2.45) is 0 Å². The first kappa shape index (κ1) is 13.1. The van der Waals surface area contributed by atoms with E-state index in [4.69, 9.17) is 0 Å². The van der Waals surface area contributed by atoms with Crippen LogP contribution in [0.15, 0.2) is 54.6 Å². The van der Waals surface area contributed by atoms with Crippen LogP contribution in [-0.2, 0) is 0 Å². The SMILES string of the molecule is CC.O=C(c1ccccc1)c1ccccc1F. The molecule has 0 amide bonds. The fraction of sp³-hybridized carbons (Fsp3) is 0.133. The Bertz CT molecular complexity index is 477. The minimum atomic E-state index is -0.480. The summed E-state index contributed by atoms with van der Waals surface area (Å²) >= 11 is 0. The van der Waals surface area contributed by atoms with Gasteiger partial charge >= 0.3 is 0 Å². The summed E-state index contributed by atoms with van der Waals surface area (Å²) in [5.74, 6) is -0.764. The summed E-state index contributed by atoms with van der Waals surface area (Å²) in [5, 5.41) is 0. The summed E-state index contributed by atoms with van der Waals surface area (Å²) in [6.07, 6.45) is 0. The fourth-order valence-corrected chi connectivity index (χ4v) is 1.39. The van der Waals surface area contributed by atoms with Crippen LogP contribution >= 0.6 is 0 Å². The Labute approximate surface area is 101 Å². The molecule has 2 heteroatoms. The van der Waals surface area contributed by atoms with Crippen molar-refractivity contribution in [1.29, 1.82) is 0 Å². The van der Waals surface area contributed by atoms with Gasteiger partial charge in [-0.3, -0.25) is 4.79 Å². The van der Waals surface area contributed by atoms with Crippen molar-refractivity contribution >= 4 is 5.78 Å². The van der Waals surface area contributed by atoms with Crippen molar-refractivity contribution in [1.82, 2.24) is 0 Å². The number of rotatable bonds is 2. The van der Waals surface area contributed by atoms with Crippen LogP contribution in [0.1, 0.15) is 29.8 Å². The van der Waals surface area contributed by atoms with Crippen LogP contribution in [0.4, 0.5) is 4.39 Å². The van der Waals surface area contributed by atoms with Crippen LogP contribution in [0.5, 0.6) is 0 Å². The summed E-state index contributed by atoms with van der Waals surface area (Å²) in [6.45, 7) is 4.00. The van der Waals surface area contributed by atoms with Crippen molar-refractivity contribution in [3.63, 3.8) is 0 Å². The van der Waals surface area contributed by atoms with Gasteiger partial charge in [0, 0.05) is 5.56 Å². The van der Waals surface area contributed by atoms with Crippen molar-refractivity contribution < 1.29 is 9.18 Å². The third-order valence-corrected chi connectivity index (χ3v) is 2.15. The smallest absolute Gasteiger partial charge is 0.195 e. The molecule has 0 saturated heterocycles. The lowest BCUT2D eigenvalue weighted by Crippen LogP contribution is -2.03. The molecule has 2 rings (SSSR count). The summed E-state index contributed by atoms with van der Waals surface area (Å²) in [6, 6.07) is 14.7. The van der Waals surface area contributed by atoms with E-state index in [0.717, 1.165) is 0 Å². The molecule has 0 spiro atoms. The van der Waals surface area contributed by atoms with Crippen LogP contribution in [0.25, 0.3) is 0 Å². The van der Waals surface area contributed by atoms with Crippen molar-refractivity contribution in [3.05, 3.63) is 71.5 Å². The zero-order valence-electron chi connectivity index (χ0n) is 9.98. The van der Waals surface area contributed by atoms with Gasteiger partial charge in [-0.2, -0.15) is 0 Å². The van der Waals surface area contributed by atoms with Crippen LogP contribution in [-0.4, -0.2) is 5.78 Å². The largest absolute Gasteiger partial charge is 0.288 e. The van der Waals surface area contributed by atoms with E-state index in [1.807, 2.05) is 19.9 Å². The molecule has 0 N–H and O–H groups in total. The van der Waals surface area contributed by atoms with E-state index in [-0.39, 0.29) is 11.3 Å². The van der Waals surface area contributed by atoms with Crippen molar-refractivity contribution in [2.45, 2.75) is 13.8 Å². The molecule has 0 unspecified atom stereocenters. The summed E-state index contributed by atoms with van der Waals surface area (Å²) < 4.78 is 13.3. The number of hydrogen-bond acceptors (Lipinski definition) is 1. The molecule has 0 aromatic heterocycles. The normalized spacial score (nSPS) is 9.12. The second-order valence-electron chi connectivity index (χ2n) is 3.17.